The molecule has 0 bridgehead atoms. The molecule has 3 nitrogen and oxygen atoms in total. The van der Waals surface area contributed by atoms with Crippen LogP contribution in [-0.2, 0) is 9.53 Å². The van der Waals surface area contributed by atoms with Crippen LogP contribution >= 0.6 is 11.8 Å². The van der Waals surface area contributed by atoms with Crippen LogP contribution in [0, 0.1) is 5.92 Å². The number of amides is 1. The second-order valence-corrected chi connectivity index (χ2v) is 7.53. The third kappa shape index (κ3) is 4.12. The third-order valence-electron chi connectivity index (χ3n) is 4.51. The molecule has 0 radical (unpaired) electrons. The lowest BCUT2D eigenvalue weighted by Gasteiger charge is -2.17. The van der Waals surface area contributed by atoms with E-state index in [0.717, 1.165) is 37.3 Å². The Bertz CT molecular complexity index is 313. The Morgan fingerprint density at radius 3 is 2.68 bits per heavy atom. The van der Waals surface area contributed by atoms with Crippen LogP contribution in [-0.4, -0.2) is 47.6 Å². The molecule has 1 aliphatic heterocycles. The minimum absolute atomic E-state index is 0.307. The summed E-state index contributed by atoms with van der Waals surface area (Å²) in [7, 11) is 0. The molecule has 2 saturated carbocycles. The van der Waals surface area contributed by atoms with Crippen molar-refractivity contribution in [1.82, 2.24) is 4.90 Å². The van der Waals surface area contributed by atoms with Crippen LogP contribution in [0.15, 0.2) is 0 Å². The lowest BCUT2D eigenvalue weighted by molar-refractivity contribution is -0.127. The lowest BCUT2D eigenvalue weighted by atomic mass is 10.3. The first-order valence-electron chi connectivity index (χ1n) is 7.82. The topological polar surface area (TPSA) is 29.5 Å². The summed E-state index contributed by atoms with van der Waals surface area (Å²) in [5, 5.41) is 0.744. The van der Waals surface area contributed by atoms with Crippen LogP contribution in [0.3, 0.4) is 0 Å². The van der Waals surface area contributed by atoms with Crippen LogP contribution in [0.2, 0.25) is 0 Å². The van der Waals surface area contributed by atoms with Gasteiger partial charge in [0.2, 0.25) is 5.91 Å². The minimum atomic E-state index is 0.307. The average Bonchev–Trinajstić information content (AvgIpc) is 2.94. The van der Waals surface area contributed by atoms with E-state index < -0.39 is 0 Å². The molecule has 3 fully saturated rings. The molecule has 3 aliphatic rings. The second kappa shape index (κ2) is 6.49. The number of carbonyl (C=O) groups excluding carboxylic acids is 1. The molecular weight excluding hydrogens is 258 g/mol. The summed E-state index contributed by atoms with van der Waals surface area (Å²) < 4.78 is 5.88. The van der Waals surface area contributed by atoms with Gasteiger partial charge in [-0.1, -0.05) is 12.8 Å². The van der Waals surface area contributed by atoms with Crippen molar-refractivity contribution in [1.29, 1.82) is 0 Å². The molecule has 3 rings (SSSR count). The van der Waals surface area contributed by atoms with Crippen molar-refractivity contribution in [2.24, 2.45) is 5.92 Å². The maximum Gasteiger partial charge on any atom is 0.232 e. The Morgan fingerprint density at radius 2 is 1.95 bits per heavy atom. The standard InChI is InChI=1S/C15H25NO2S/c17-15(11-19-14-3-1-2-4-14)16-8-7-13(9-16)18-10-12-5-6-12/h12-14H,1-11H2. The molecule has 1 saturated heterocycles. The summed E-state index contributed by atoms with van der Waals surface area (Å²) in [6, 6.07) is 0. The number of carbonyl (C=O) groups is 1. The smallest absolute Gasteiger partial charge is 0.232 e. The number of hydrogen-bond acceptors (Lipinski definition) is 3. The fourth-order valence-electron chi connectivity index (χ4n) is 2.98. The van der Waals surface area contributed by atoms with E-state index in [9.17, 15) is 4.79 Å². The van der Waals surface area contributed by atoms with E-state index in [4.69, 9.17) is 4.74 Å². The Kier molecular flexibility index (Phi) is 4.69. The van der Waals surface area contributed by atoms with Crippen LogP contribution in [0.1, 0.15) is 44.9 Å². The first-order chi connectivity index (χ1) is 9.31. The molecule has 1 unspecified atom stereocenters. The van der Waals surface area contributed by atoms with Gasteiger partial charge in [-0.25, -0.2) is 0 Å². The van der Waals surface area contributed by atoms with Gasteiger partial charge < -0.3 is 9.64 Å². The summed E-state index contributed by atoms with van der Waals surface area (Å²) in [6.07, 6.45) is 9.35. The van der Waals surface area contributed by atoms with Crippen molar-refractivity contribution >= 4 is 17.7 Å². The van der Waals surface area contributed by atoms with Crippen molar-refractivity contribution in [2.45, 2.75) is 56.3 Å². The van der Waals surface area contributed by atoms with Gasteiger partial charge in [-0.15, -0.1) is 11.8 Å². The molecule has 0 aromatic carbocycles. The quantitative estimate of drug-likeness (QED) is 0.750. The van der Waals surface area contributed by atoms with Crippen LogP contribution in [0.5, 0.6) is 0 Å². The van der Waals surface area contributed by atoms with Crippen molar-refractivity contribution in [3.05, 3.63) is 0 Å². The Hall–Kier alpha value is -0.220. The molecule has 19 heavy (non-hydrogen) atoms. The largest absolute Gasteiger partial charge is 0.376 e. The van der Waals surface area contributed by atoms with E-state index >= 15 is 0 Å². The maximum absolute atomic E-state index is 12.1. The summed E-state index contributed by atoms with van der Waals surface area (Å²) >= 11 is 1.88. The summed E-state index contributed by atoms with van der Waals surface area (Å²) in [4.78, 5) is 14.2. The number of nitrogens with zero attached hydrogens (tertiary/aromatic N) is 1. The minimum Gasteiger partial charge on any atom is -0.376 e. The molecule has 2 aliphatic carbocycles. The zero-order valence-corrected chi connectivity index (χ0v) is 12.5. The lowest BCUT2D eigenvalue weighted by Crippen LogP contribution is -2.32. The van der Waals surface area contributed by atoms with Crippen LogP contribution in [0.25, 0.3) is 0 Å². The maximum atomic E-state index is 12.1. The highest BCUT2D eigenvalue weighted by Gasteiger charge is 2.29. The molecule has 1 atom stereocenters. The molecule has 0 aromatic heterocycles. The second-order valence-electron chi connectivity index (χ2n) is 6.24. The fourth-order valence-corrected chi connectivity index (χ4v) is 4.21. The van der Waals surface area contributed by atoms with Crippen molar-refractivity contribution in [3.8, 4) is 0 Å². The molecule has 108 valence electrons. The van der Waals surface area contributed by atoms with E-state index in [1.807, 2.05) is 16.7 Å². The molecule has 4 heteroatoms. The zero-order chi connectivity index (χ0) is 13.1. The fraction of sp³-hybridized carbons (Fsp3) is 0.933. The average molecular weight is 283 g/mol. The summed E-state index contributed by atoms with van der Waals surface area (Å²) in [6.45, 7) is 2.65. The predicted octanol–water partition coefficient (Wildman–Crippen LogP) is 2.69. The van der Waals surface area contributed by atoms with Gasteiger partial charge >= 0.3 is 0 Å². The number of ether oxygens (including phenoxy) is 1. The van der Waals surface area contributed by atoms with Gasteiger partial charge in [-0.05, 0) is 38.0 Å². The Labute approximate surface area is 120 Å². The van der Waals surface area contributed by atoms with Crippen LogP contribution < -0.4 is 0 Å². The first-order valence-corrected chi connectivity index (χ1v) is 8.87. The zero-order valence-electron chi connectivity index (χ0n) is 11.7. The van der Waals surface area contributed by atoms with Crippen LogP contribution in [0.4, 0.5) is 0 Å². The monoisotopic (exact) mass is 283 g/mol. The van der Waals surface area contributed by atoms with Gasteiger partial charge in [-0.2, -0.15) is 0 Å². The SMILES string of the molecule is O=C(CSC1CCCC1)N1CCC(OCC2CC2)C1. The van der Waals surface area contributed by atoms with E-state index in [1.165, 1.54) is 38.5 Å². The number of hydrogen-bond donors (Lipinski definition) is 0. The van der Waals surface area contributed by atoms with Crippen molar-refractivity contribution in [3.63, 3.8) is 0 Å². The van der Waals surface area contributed by atoms with Crippen molar-refractivity contribution in [2.75, 3.05) is 25.4 Å². The number of rotatable bonds is 6. The highest BCUT2D eigenvalue weighted by atomic mass is 32.2. The van der Waals surface area contributed by atoms with Gasteiger partial charge in [0.15, 0.2) is 0 Å². The van der Waals surface area contributed by atoms with Gasteiger partial charge in [0.05, 0.1) is 11.9 Å². The molecule has 0 aromatic rings. The number of thioether (sulfide) groups is 1. The highest BCUT2D eigenvalue weighted by Crippen LogP contribution is 2.31. The van der Waals surface area contributed by atoms with E-state index in [2.05, 4.69) is 0 Å². The van der Waals surface area contributed by atoms with Gasteiger partial charge in [0.25, 0.3) is 0 Å². The summed E-state index contributed by atoms with van der Waals surface area (Å²) in [5.74, 6) is 1.83. The Balaban J connectivity index is 1.33. The van der Waals surface area contributed by atoms with Gasteiger partial charge in [-0.3, -0.25) is 4.79 Å². The highest BCUT2D eigenvalue weighted by molar-refractivity contribution is 8.00. The third-order valence-corrected chi connectivity index (χ3v) is 5.86. The molecular formula is C15H25NO2S. The molecule has 1 heterocycles. The summed E-state index contributed by atoms with van der Waals surface area (Å²) in [5.41, 5.74) is 0. The van der Waals surface area contributed by atoms with Gasteiger partial charge in [0, 0.05) is 24.9 Å². The molecule has 1 amide bonds. The first kappa shape index (κ1) is 13.7. The Morgan fingerprint density at radius 1 is 1.16 bits per heavy atom. The van der Waals surface area contributed by atoms with Crippen molar-refractivity contribution < 1.29 is 9.53 Å². The molecule has 0 N–H and O–H groups in total. The normalized spacial score (nSPS) is 28.2. The van der Waals surface area contributed by atoms with E-state index in [-0.39, 0.29) is 0 Å². The van der Waals surface area contributed by atoms with E-state index in [1.54, 1.807) is 0 Å². The number of likely N-dealkylation sites (tertiary alicyclic amines) is 1. The predicted molar refractivity (Wildman–Crippen MR) is 78.4 cm³/mol. The van der Waals surface area contributed by atoms with E-state index in [0.29, 0.717) is 17.8 Å². The molecule has 0 spiro atoms. The van der Waals surface area contributed by atoms with Gasteiger partial charge in [0.1, 0.15) is 0 Å².